The zero-order valence-corrected chi connectivity index (χ0v) is 16.0. The Bertz CT molecular complexity index is 780. The van der Waals surface area contributed by atoms with Crippen molar-refractivity contribution in [2.45, 2.75) is 59.3 Å². The van der Waals surface area contributed by atoms with Crippen molar-refractivity contribution >= 4 is 5.97 Å². The molecule has 0 unspecified atom stereocenters. The SMILES string of the molecule is CCOC(=O)c1n[nH]nc1-c1cc(C(C)(C)C)cc(C(C)(C)C)c1O. The molecule has 0 bridgehead atoms. The van der Waals surface area contributed by atoms with Gasteiger partial charge in [-0.15, -0.1) is 5.10 Å². The van der Waals surface area contributed by atoms with Gasteiger partial charge in [-0.25, -0.2) is 4.79 Å². The smallest absolute Gasteiger partial charge is 0.361 e. The van der Waals surface area contributed by atoms with Crippen LogP contribution in [0.5, 0.6) is 5.75 Å². The minimum atomic E-state index is -0.566. The molecule has 0 aliphatic carbocycles. The summed E-state index contributed by atoms with van der Waals surface area (Å²) in [5.41, 5.74) is 2.30. The largest absolute Gasteiger partial charge is 0.507 e. The maximum Gasteiger partial charge on any atom is 0.361 e. The second kappa shape index (κ2) is 6.50. The van der Waals surface area contributed by atoms with E-state index in [1.165, 1.54) is 0 Å². The summed E-state index contributed by atoms with van der Waals surface area (Å²) in [5.74, 6) is -0.455. The summed E-state index contributed by atoms with van der Waals surface area (Å²) in [5, 5.41) is 21.4. The number of benzene rings is 1. The molecule has 25 heavy (non-hydrogen) atoms. The van der Waals surface area contributed by atoms with E-state index >= 15 is 0 Å². The highest BCUT2D eigenvalue weighted by atomic mass is 16.5. The fraction of sp³-hybridized carbons (Fsp3) is 0.526. The van der Waals surface area contributed by atoms with Crippen LogP contribution in [0.15, 0.2) is 12.1 Å². The van der Waals surface area contributed by atoms with Crippen molar-refractivity contribution in [3.05, 3.63) is 29.0 Å². The van der Waals surface area contributed by atoms with Crippen LogP contribution < -0.4 is 0 Å². The predicted octanol–water partition coefficient (Wildman–Crippen LogP) is 3.95. The number of esters is 1. The quantitative estimate of drug-likeness (QED) is 0.822. The number of phenols is 1. The van der Waals surface area contributed by atoms with E-state index in [0.717, 1.165) is 11.1 Å². The van der Waals surface area contributed by atoms with Gasteiger partial charge in [-0.3, -0.25) is 0 Å². The molecule has 2 aromatic rings. The third-order valence-corrected chi connectivity index (χ3v) is 4.06. The van der Waals surface area contributed by atoms with Gasteiger partial charge >= 0.3 is 5.97 Å². The van der Waals surface area contributed by atoms with Crippen molar-refractivity contribution in [1.29, 1.82) is 0 Å². The number of nitrogens with zero attached hydrogens (tertiary/aromatic N) is 2. The highest BCUT2D eigenvalue weighted by Crippen LogP contribution is 2.42. The standard InChI is InChI=1S/C19H27N3O3/c1-8-25-17(24)15-14(20-22-21-15)12-9-11(18(2,3)4)10-13(16(12)23)19(5,6)7/h9-10,23H,8H2,1-7H3,(H,20,21,22). The van der Waals surface area contributed by atoms with E-state index < -0.39 is 5.97 Å². The first-order chi connectivity index (χ1) is 11.5. The van der Waals surface area contributed by atoms with Crippen LogP contribution in [0.1, 0.15) is 70.1 Å². The van der Waals surface area contributed by atoms with Crippen LogP contribution in [0, 0.1) is 0 Å². The lowest BCUT2D eigenvalue weighted by Gasteiger charge is -2.27. The Morgan fingerprint density at radius 2 is 1.76 bits per heavy atom. The van der Waals surface area contributed by atoms with Crippen molar-refractivity contribution in [3.8, 4) is 17.0 Å². The molecule has 0 fully saturated rings. The van der Waals surface area contributed by atoms with E-state index in [9.17, 15) is 9.90 Å². The number of nitrogens with one attached hydrogen (secondary N) is 1. The van der Waals surface area contributed by atoms with Crippen molar-refractivity contribution in [2.75, 3.05) is 6.61 Å². The molecule has 2 N–H and O–H groups in total. The average molecular weight is 345 g/mol. The van der Waals surface area contributed by atoms with Gasteiger partial charge in [0.2, 0.25) is 0 Å². The molecule has 0 aliphatic heterocycles. The minimum absolute atomic E-state index is 0.0723. The van der Waals surface area contributed by atoms with Crippen LogP contribution >= 0.6 is 0 Å². The molecule has 1 aromatic heterocycles. The van der Waals surface area contributed by atoms with Crippen molar-refractivity contribution < 1.29 is 14.6 Å². The van der Waals surface area contributed by atoms with E-state index in [-0.39, 0.29) is 28.9 Å². The predicted molar refractivity (Wildman–Crippen MR) is 96.8 cm³/mol. The molecule has 0 spiro atoms. The number of phenolic OH excluding ortho intramolecular Hbond substituents is 1. The molecule has 0 atom stereocenters. The van der Waals surface area contributed by atoms with Gasteiger partial charge in [0, 0.05) is 11.1 Å². The summed E-state index contributed by atoms with van der Waals surface area (Å²) in [6.07, 6.45) is 0. The molecule has 6 heteroatoms. The van der Waals surface area contributed by atoms with Crippen molar-refractivity contribution in [2.24, 2.45) is 0 Å². The number of aromatic nitrogens is 3. The first-order valence-electron chi connectivity index (χ1n) is 8.43. The zero-order chi connectivity index (χ0) is 19.0. The third kappa shape index (κ3) is 3.83. The molecule has 0 saturated heterocycles. The summed E-state index contributed by atoms with van der Waals surface area (Å²) in [6.45, 7) is 14.4. The van der Waals surface area contributed by atoms with E-state index in [0.29, 0.717) is 11.3 Å². The second-order valence-electron chi connectivity index (χ2n) is 8.16. The first kappa shape index (κ1) is 19.0. The Kier molecular flexibility index (Phi) is 4.93. The van der Waals surface area contributed by atoms with Gasteiger partial charge < -0.3 is 9.84 Å². The van der Waals surface area contributed by atoms with Crippen LogP contribution in [-0.2, 0) is 15.6 Å². The molecule has 6 nitrogen and oxygen atoms in total. The highest BCUT2D eigenvalue weighted by Gasteiger charge is 2.29. The van der Waals surface area contributed by atoms with Crippen LogP contribution in [0.25, 0.3) is 11.3 Å². The Hall–Kier alpha value is -2.37. The van der Waals surface area contributed by atoms with Gasteiger partial charge in [0.25, 0.3) is 0 Å². The number of carbonyl (C=O) groups is 1. The number of hydrogen-bond acceptors (Lipinski definition) is 5. The monoisotopic (exact) mass is 345 g/mol. The lowest BCUT2D eigenvalue weighted by molar-refractivity contribution is 0.0520. The molecule has 0 amide bonds. The lowest BCUT2D eigenvalue weighted by atomic mass is 9.78. The van der Waals surface area contributed by atoms with Gasteiger partial charge in [0.05, 0.1) is 6.61 Å². The van der Waals surface area contributed by atoms with Crippen LogP contribution in [0.4, 0.5) is 0 Å². The normalized spacial score (nSPS) is 12.3. The van der Waals surface area contributed by atoms with E-state index in [1.807, 2.05) is 32.9 Å². The maximum absolute atomic E-state index is 12.1. The van der Waals surface area contributed by atoms with Gasteiger partial charge in [0.15, 0.2) is 5.69 Å². The Morgan fingerprint density at radius 3 is 2.28 bits per heavy atom. The fourth-order valence-corrected chi connectivity index (χ4v) is 2.58. The lowest BCUT2D eigenvalue weighted by Crippen LogP contribution is -2.17. The van der Waals surface area contributed by atoms with Crippen molar-refractivity contribution in [1.82, 2.24) is 15.4 Å². The number of aromatic amines is 1. The Labute approximate surface area is 148 Å². The number of rotatable bonds is 3. The van der Waals surface area contributed by atoms with E-state index in [2.05, 4.69) is 36.2 Å². The highest BCUT2D eigenvalue weighted by molar-refractivity contribution is 5.95. The van der Waals surface area contributed by atoms with Crippen LogP contribution in [0.3, 0.4) is 0 Å². The van der Waals surface area contributed by atoms with E-state index in [1.54, 1.807) is 6.92 Å². The molecular formula is C19H27N3O3. The molecular weight excluding hydrogens is 318 g/mol. The molecule has 136 valence electrons. The molecule has 0 saturated carbocycles. The Balaban J connectivity index is 2.74. The maximum atomic E-state index is 12.1. The van der Waals surface area contributed by atoms with Gasteiger partial charge in [0.1, 0.15) is 11.4 Å². The third-order valence-electron chi connectivity index (χ3n) is 4.06. The van der Waals surface area contributed by atoms with E-state index in [4.69, 9.17) is 4.74 Å². The summed E-state index contributed by atoms with van der Waals surface area (Å²) < 4.78 is 5.04. The average Bonchev–Trinajstić information content (AvgIpc) is 2.94. The van der Waals surface area contributed by atoms with Gasteiger partial charge in [-0.05, 0) is 29.4 Å². The minimum Gasteiger partial charge on any atom is -0.507 e. The number of carbonyl (C=O) groups excluding carboxylic acids is 1. The van der Waals surface area contributed by atoms with Crippen LogP contribution in [-0.4, -0.2) is 33.1 Å². The Morgan fingerprint density at radius 1 is 1.12 bits per heavy atom. The topological polar surface area (TPSA) is 88.1 Å². The number of ether oxygens (including phenoxy) is 1. The molecule has 0 aliphatic rings. The second-order valence-corrected chi connectivity index (χ2v) is 8.16. The fourth-order valence-electron chi connectivity index (χ4n) is 2.58. The number of H-pyrrole nitrogens is 1. The number of hydrogen-bond donors (Lipinski definition) is 2. The molecule has 2 rings (SSSR count). The van der Waals surface area contributed by atoms with Crippen LogP contribution in [0.2, 0.25) is 0 Å². The number of aromatic hydroxyl groups is 1. The van der Waals surface area contributed by atoms with Crippen molar-refractivity contribution in [3.63, 3.8) is 0 Å². The van der Waals surface area contributed by atoms with Gasteiger partial charge in [-0.2, -0.15) is 10.3 Å². The zero-order valence-electron chi connectivity index (χ0n) is 16.0. The summed E-state index contributed by atoms with van der Waals surface area (Å²) >= 11 is 0. The summed E-state index contributed by atoms with van der Waals surface area (Å²) in [6, 6.07) is 3.88. The molecule has 1 aromatic carbocycles. The molecule has 0 radical (unpaired) electrons. The summed E-state index contributed by atoms with van der Waals surface area (Å²) in [4.78, 5) is 12.1. The summed E-state index contributed by atoms with van der Waals surface area (Å²) in [7, 11) is 0. The van der Waals surface area contributed by atoms with Gasteiger partial charge in [-0.1, -0.05) is 47.6 Å². The molecule has 1 heterocycles. The first-order valence-corrected chi connectivity index (χ1v) is 8.43.